The molecule has 114 valence electrons. The number of fused-ring (bicyclic) bond motifs is 2. The van der Waals surface area contributed by atoms with Crippen LogP contribution in [0, 0.1) is 0 Å². The average molecular weight is 309 g/mol. The highest BCUT2D eigenvalue weighted by atomic mass is 16.1. The van der Waals surface area contributed by atoms with Crippen LogP contribution in [0.15, 0.2) is 41.7 Å². The Labute approximate surface area is 128 Å². The largest absolute Gasteiger partial charge is 0.345 e. The number of carbonyl (C=O) groups excluding carboxylic acids is 1. The van der Waals surface area contributed by atoms with E-state index in [0.29, 0.717) is 11.4 Å². The molecular formula is C14H11N7O2. The van der Waals surface area contributed by atoms with Crippen molar-refractivity contribution < 1.29 is 4.79 Å². The number of carbonyl (C=O) groups is 1. The van der Waals surface area contributed by atoms with Crippen molar-refractivity contribution in [2.75, 3.05) is 0 Å². The molecule has 0 bridgehead atoms. The van der Waals surface area contributed by atoms with Gasteiger partial charge in [-0.15, -0.1) is 10.2 Å². The van der Waals surface area contributed by atoms with Crippen molar-refractivity contribution in [3.05, 3.63) is 58.7 Å². The standard InChI is InChI=1S/C14H11N7O2/c22-13(8-1-2-9-10(5-8)18-7-17-9)16-6-11-19-20-12-14(23)15-3-4-21(11)12/h1-5,7H,6H2,(H,15,23)(H,16,22)(H,17,18). The molecule has 4 aromatic rings. The molecule has 0 aliphatic carbocycles. The predicted octanol–water partition coefficient (Wildman–Crippen LogP) is 0.224. The summed E-state index contributed by atoms with van der Waals surface area (Å²) in [4.78, 5) is 33.4. The summed E-state index contributed by atoms with van der Waals surface area (Å²) in [5.41, 5.74) is 1.95. The minimum Gasteiger partial charge on any atom is -0.345 e. The first kappa shape index (κ1) is 13.2. The molecule has 0 saturated heterocycles. The van der Waals surface area contributed by atoms with E-state index in [-0.39, 0.29) is 23.7 Å². The van der Waals surface area contributed by atoms with Crippen molar-refractivity contribution in [3.63, 3.8) is 0 Å². The first-order chi connectivity index (χ1) is 11.2. The number of rotatable bonds is 3. The summed E-state index contributed by atoms with van der Waals surface area (Å²) < 4.78 is 1.54. The van der Waals surface area contributed by atoms with Gasteiger partial charge in [0.1, 0.15) is 0 Å². The van der Waals surface area contributed by atoms with Gasteiger partial charge in [0.25, 0.3) is 11.5 Å². The Bertz CT molecular complexity index is 1080. The Hall–Kier alpha value is -3.49. The number of H-pyrrole nitrogens is 2. The Morgan fingerprint density at radius 1 is 1.26 bits per heavy atom. The molecule has 4 rings (SSSR count). The predicted molar refractivity (Wildman–Crippen MR) is 80.9 cm³/mol. The maximum absolute atomic E-state index is 12.2. The fourth-order valence-corrected chi connectivity index (χ4v) is 2.35. The average Bonchev–Trinajstić information content (AvgIpc) is 3.19. The van der Waals surface area contributed by atoms with Crippen LogP contribution in [-0.2, 0) is 6.54 Å². The van der Waals surface area contributed by atoms with E-state index in [1.165, 1.54) is 10.6 Å². The normalized spacial score (nSPS) is 11.1. The summed E-state index contributed by atoms with van der Waals surface area (Å²) in [6.45, 7) is 0.157. The smallest absolute Gasteiger partial charge is 0.293 e. The third-order valence-corrected chi connectivity index (χ3v) is 3.50. The summed E-state index contributed by atoms with van der Waals surface area (Å²) in [5, 5.41) is 10.5. The quantitative estimate of drug-likeness (QED) is 0.500. The molecule has 0 unspecified atom stereocenters. The first-order valence-corrected chi connectivity index (χ1v) is 6.85. The molecule has 9 heteroatoms. The Kier molecular flexibility index (Phi) is 2.90. The van der Waals surface area contributed by atoms with Crippen molar-refractivity contribution in [3.8, 4) is 0 Å². The lowest BCUT2D eigenvalue weighted by molar-refractivity contribution is 0.0950. The molecular weight excluding hydrogens is 298 g/mol. The van der Waals surface area contributed by atoms with Gasteiger partial charge in [-0.25, -0.2) is 4.98 Å². The molecule has 1 aromatic carbocycles. The number of hydrogen-bond donors (Lipinski definition) is 3. The molecule has 0 saturated carbocycles. The van der Waals surface area contributed by atoms with Gasteiger partial charge in [0.05, 0.1) is 23.9 Å². The van der Waals surface area contributed by atoms with Gasteiger partial charge in [0, 0.05) is 18.0 Å². The Balaban J connectivity index is 1.56. The maximum atomic E-state index is 12.2. The van der Waals surface area contributed by atoms with Crippen molar-refractivity contribution >= 4 is 22.6 Å². The van der Waals surface area contributed by atoms with Crippen molar-refractivity contribution in [2.45, 2.75) is 6.54 Å². The molecule has 0 atom stereocenters. The van der Waals surface area contributed by atoms with Gasteiger partial charge in [0.15, 0.2) is 5.82 Å². The summed E-state index contributed by atoms with van der Waals surface area (Å²) in [5.74, 6) is 0.227. The van der Waals surface area contributed by atoms with Gasteiger partial charge in [-0.2, -0.15) is 0 Å². The number of imidazole rings is 1. The van der Waals surface area contributed by atoms with E-state index in [1.54, 1.807) is 30.7 Å². The number of hydrogen-bond acceptors (Lipinski definition) is 5. The van der Waals surface area contributed by atoms with Gasteiger partial charge in [-0.3, -0.25) is 14.0 Å². The molecule has 3 N–H and O–H groups in total. The van der Waals surface area contributed by atoms with Crippen LogP contribution in [0.2, 0.25) is 0 Å². The van der Waals surface area contributed by atoms with Crippen molar-refractivity contribution in [1.29, 1.82) is 0 Å². The summed E-state index contributed by atoms with van der Waals surface area (Å²) in [7, 11) is 0. The molecule has 1 amide bonds. The van der Waals surface area contributed by atoms with Gasteiger partial charge >= 0.3 is 0 Å². The van der Waals surface area contributed by atoms with E-state index < -0.39 is 0 Å². The highest BCUT2D eigenvalue weighted by Crippen LogP contribution is 2.11. The Morgan fingerprint density at radius 3 is 3.09 bits per heavy atom. The van der Waals surface area contributed by atoms with Gasteiger partial charge in [-0.05, 0) is 18.2 Å². The lowest BCUT2D eigenvalue weighted by Gasteiger charge is -2.04. The fourth-order valence-electron chi connectivity index (χ4n) is 2.35. The number of benzene rings is 1. The van der Waals surface area contributed by atoms with E-state index in [1.807, 2.05) is 0 Å². The summed E-state index contributed by atoms with van der Waals surface area (Å²) in [6, 6.07) is 5.20. The number of nitrogens with zero attached hydrogens (tertiary/aromatic N) is 4. The first-order valence-electron chi connectivity index (χ1n) is 6.85. The highest BCUT2D eigenvalue weighted by molar-refractivity contribution is 5.97. The molecule has 9 nitrogen and oxygen atoms in total. The third-order valence-electron chi connectivity index (χ3n) is 3.50. The topological polar surface area (TPSA) is 121 Å². The van der Waals surface area contributed by atoms with Crippen LogP contribution in [0.1, 0.15) is 16.2 Å². The van der Waals surface area contributed by atoms with Crippen LogP contribution in [0.25, 0.3) is 16.7 Å². The molecule has 3 heterocycles. The highest BCUT2D eigenvalue weighted by Gasteiger charge is 2.11. The van der Waals surface area contributed by atoms with Crippen molar-refractivity contribution in [2.24, 2.45) is 0 Å². The van der Waals surface area contributed by atoms with Crippen LogP contribution in [0.3, 0.4) is 0 Å². The molecule has 0 fully saturated rings. The second kappa shape index (κ2) is 5.05. The molecule has 23 heavy (non-hydrogen) atoms. The maximum Gasteiger partial charge on any atom is 0.293 e. The monoisotopic (exact) mass is 309 g/mol. The molecule has 0 radical (unpaired) electrons. The van der Waals surface area contributed by atoms with E-state index in [9.17, 15) is 9.59 Å². The SMILES string of the molecule is O=C(NCc1nnc2c(=O)[nH]ccn12)c1ccc2nc[nH]c2c1. The zero-order valence-corrected chi connectivity index (χ0v) is 11.8. The fraction of sp³-hybridized carbons (Fsp3) is 0.0714. The summed E-state index contributed by atoms with van der Waals surface area (Å²) >= 11 is 0. The minimum atomic E-state index is -0.331. The van der Waals surface area contributed by atoms with E-state index in [4.69, 9.17) is 0 Å². The van der Waals surface area contributed by atoms with E-state index >= 15 is 0 Å². The van der Waals surface area contributed by atoms with Crippen LogP contribution in [0.5, 0.6) is 0 Å². The van der Waals surface area contributed by atoms with Crippen molar-refractivity contribution in [1.82, 2.24) is 34.9 Å². The number of aromatic nitrogens is 6. The molecule has 0 aliphatic rings. The molecule has 0 spiro atoms. The number of amides is 1. The van der Waals surface area contributed by atoms with E-state index in [0.717, 1.165) is 11.0 Å². The lowest BCUT2D eigenvalue weighted by Crippen LogP contribution is -2.24. The lowest BCUT2D eigenvalue weighted by atomic mass is 10.2. The number of nitrogens with one attached hydrogen (secondary N) is 3. The van der Waals surface area contributed by atoms with Crippen LogP contribution < -0.4 is 10.9 Å². The van der Waals surface area contributed by atoms with Gasteiger partial charge in [0.2, 0.25) is 5.65 Å². The second-order valence-electron chi connectivity index (χ2n) is 4.92. The second-order valence-corrected chi connectivity index (χ2v) is 4.92. The van der Waals surface area contributed by atoms with Crippen LogP contribution >= 0.6 is 0 Å². The number of aromatic amines is 2. The third kappa shape index (κ3) is 2.24. The zero-order valence-electron chi connectivity index (χ0n) is 11.8. The summed E-state index contributed by atoms with van der Waals surface area (Å²) in [6.07, 6.45) is 4.71. The zero-order chi connectivity index (χ0) is 15.8. The van der Waals surface area contributed by atoms with E-state index in [2.05, 4.69) is 30.5 Å². The Morgan fingerprint density at radius 2 is 2.17 bits per heavy atom. The van der Waals surface area contributed by atoms with Gasteiger partial charge < -0.3 is 15.3 Å². The molecule has 0 aliphatic heterocycles. The molecule has 3 aromatic heterocycles. The van der Waals surface area contributed by atoms with Crippen LogP contribution in [0.4, 0.5) is 0 Å². The van der Waals surface area contributed by atoms with Gasteiger partial charge in [-0.1, -0.05) is 0 Å². The van der Waals surface area contributed by atoms with Crippen LogP contribution in [-0.4, -0.2) is 35.5 Å². The minimum absolute atomic E-state index is 0.157.